The van der Waals surface area contributed by atoms with Crippen molar-refractivity contribution >= 4 is 29.0 Å². The molecular weight excluding hydrogens is 438 g/mol. The highest BCUT2D eigenvalue weighted by Crippen LogP contribution is 2.32. The molecule has 0 radical (unpaired) electrons. The molecule has 2 atom stereocenters. The van der Waals surface area contributed by atoms with Crippen LogP contribution in [-0.4, -0.2) is 43.5 Å². The molecule has 0 unspecified atom stereocenters. The number of amides is 3. The second-order valence-electron chi connectivity index (χ2n) is 10.7. The van der Waals surface area contributed by atoms with E-state index in [4.69, 9.17) is 4.99 Å². The lowest BCUT2D eigenvalue weighted by molar-refractivity contribution is -0.119. The predicted octanol–water partition coefficient (Wildman–Crippen LogP) is 4.26. The number of aryl methyl sites for hydroxylation is 2. The van der Waals surface area contributed by atoms with E-state index in [1.54, 1.807) is 11.9 Å². The van der Waals surface area contributed by atoms with Gasteiger partial charge in [0.2, 0.25) is 6.17 Å². The molecule has 0 aromatic heterocycles. The van der Waals surface area contributed by atoms with Crippen LogP contribution in [-0.2, 0) is 17.6 Å². The molecule has 184 valence electrons. The highest BCUT2D eigenvalue weighted by molar-refractivity contribution is 6.15. The molecule has 1 fully saturated rings. The lowest BCUT2D eigenvalue weighted by Gasteiger charge is -2.22. The second-order valence-corrected chi connectivity index (χ2v) is 10.7. The van der Waals surface area contributed by atoms with Gasteiger partial charge in [-0.15, -0.1) is 0 Å². The fourth-order valence-corrected chi connectivity index (χ4v) is 5.44. The number of benzodiazepines with no additional fused rings is 1. The first-order valence-electron chi connectivity index (χ1n) is 12.7. The van der Waals surface area contributed by atoms with E-state index in [0.29, 0.717) is 0 Å². The summed E-state index contributed by atoms with van der Waals surface area (Å²) in [5, 5.41) is 9.39. The number of rotatable bonds is 3. The normalized spacial score (nSPS) is 23.5. The third-order valence-corrected chi connectivity index (χ3v) is 7.63. The number of nitrogens with zero attached hydrogens (tertiary/aromatic N) is 2. The van der Waals surface area contributed by atoms with E-state index in [0.717, 1.165) is 67.7 Å². The summed E-state index contributed by atoms with van der Waals surface area (Å²) in [4.78, 5) is 32.9. The summed E-state index contributed by atoms with van der Waals surface area (Å²) in [5.74, 6) is -0.259. The molecule has 7 heteroatoms. The Labute approximate surface area is 207 Å². The Morgan fingerprint density at radius 2 is 1.91 bits per heavy atom. The first kappa shape index (κ1) is 23.5. The van der Waals surface area contributed by atoms with Crippen molar-refractivity contribution in [2.75, 3.05) is 23.8 Å². The van der Waals surface area contributed by atoms with Gasteiger partial charge in [-0.2, -0.15) is 0 Å². The maximum absolute atomic E-state index is 13.4. The summed E-state index contributed by atoms with van der Waals surface area (Å²) in [6.45, 7) is 5.48. The van der Waals surface area contributed by atoms with Crippen molar-refractivity contribution in [1.82, 2.24) is 10.6 Å². The largest absolute Gasteiger partial charge is 0.321 e. The molecule has 1 aliphatic carbocycles. The molecule has 1 saturated heterocycles. The smallest absolute Gasteiger partial charge is 0.311 e. The van der Waals surface area contributed by atoms with E-state index in [1.165, 1.54) is 11.1 Å². The molecule has 7 nitrogen and oxygen atoms in total. The minimum atomic E-state index is -1.00. The van der Waals surface area contributed by atoms with Crippen LogP contribution in [0.15, 0.2) is 47.5 Å². The van der Waals surface area contributed by atoms with Crippen LogP contribution in [0.4, 0.5) is 16.2 Å². The second kappa shape index (κ2) is 9.46. The summed E-state index contributed by atoms with van der Waals surface area (Å²) >= 11 is 0. The number of hydrogen-bond acceptors (Lipinski definition) is 4. The van der Waals surface area contributed by atoms with Crippen LogP contribution >= 0.6 is 0 Å². The Bertz CT molecular complexity index is 1170. The van der Waals surface area contributed by atoms with Gasteiger partial charge in [0.25, 0.3) is 5.91 Å². The molecule has 2 heterocycles. The number of carbonyl (C=O) groups excluding carboxylic acids is 2. The van der Waals surface area contributed by atoms with Gasteiger partial charge in [-0.05, 0) is 79.8 Å². The summed E-state index contributed by atoms with van der Waals surface area (Å²) in [6, 6.07) is 13.5. The fraction of sp³-hybridized carbons (Fsp3) is 0.464. The number of carbonyl (C=O) groups is 2. The molecule has 2 aromatic rings. The van der Waals surface area contributed by atoms with Crippen LogP contribution in [0.2, 0.25) is 0 Å². The molecule has 3 aliphatic rings. The van der Waals surface area contributed by atoms with Gasteiger partial charge in [-0.1, -0.05) is 38.1 Å². The summed E-state index contributed by atoms with van der Waals surface area (Å²) < 4.78 is 0. The quantitative estimate of drug-likeness (QED) is 0.623. The van der Waals surface area contributed by atoms with Crippen molar-refractivity contribution in [3.8, 4) is 0 Å². The van der Waals surface area contributed by atoms with Gasteiger partial charge in [0.1, 0.15) is 0 Å². The number of urea groups is 1. The molecule has 5 rings (SSSR count). The number of nitrogens with one attached hydrogen (secondary N) is 3. The molecule has 2 aliphatic heterocycles. The number of hydrogen-bond donors (Lipinski definition) is 3. The van der Waals surface area contributed by atoms with Crippen molar-refractivity contribution < 1.29 is 9.59 Å². The van der Waals surface area contributed by atoms with E-state index < -0.39 is 12.2 Å². The Balaban J connectivity index is 1.42. The maximum Gasteiger partial charge on any atom is 0.321 e. The predicted molar refractivity (Wildman–Crippen MR) is 140 cm³/mol. The molecule has 3 amide bonds. The summed E-state index contributed by atoms with van der Waals surface area (Å²) in [7, 11) is 1.75. The lowest BCUT2D eigenvalue weighted by atomic mass is 9.84. The maximum atomic E-state index is 13.4. The van der Waals surface area contributed by atoms with Crippen LogP contribution in [0.5, 0.6) is 0 Å². The van der Waals surface area contributed by atoms with E-state index in [2.05, 4.69) is 35.9 Å². The average molecular weight is 474 g/mol. The molecule has 0 bridgehead atoms. The zero-order chi connectivity index (χ0) is 24.6. The minimum absolute atomic E-state index is 0.0151. The third-order valence-electron chi connectivity index (χ3n) is 7.63. The molecule has 0 spiro atoms. The molecular formula is C28H35N5O2. The van der Waals surface area contributed by atoms with Crippen molar-refractivity contribution in [3.63, 3.8) is 0 Å². The van der Waals surface area contributed by atoms with Crippen molar-refractivity contribution in [2.24, 2.45) is 10.4 Å². The zero-order valence-electron chi connectivity index (χ0n) is 20.9. The fourth-order valence-electron chi connectivity index (χ4n) is 5.44. The van der Waals surface area contributed by atoms with Crippen LogP contribution in [0.1, 0.15) is 56.2 Å². The zero-order valence-corrected chi connectivity index (χ0v) is 20.9. The lowest BCUT2D eigenvalue weighted by Crippen LogP contribution is -2.47. The topological polar surface area (TPSA) is 85.8 Å². The Hall–Kier alpha value is -3.19. The monoisotopic (exact) mass is 473 g/mol. The molecule has 3 N–H and O–H groups in total. The summed E-state index contributed by atoms with van der Waals surface area (Å²) in [5.41, 5.74) is 6.20. The van der Waals surface area contributed by atoms with E-state index in [1.807, 2.05) is 36.4 Å². The number of fused-ring (bicyclic) bond motifs is 2. The van der Waals surface area contributed by atoms with Crippen molar-refractivity contribution in [1.29, 1.82) is 0 Å². The minimum Gasteiger partial charge on any atom is -0.311 e. The third kappa shape index (κ3) is 4.96. The van der Waals surface area contributed by atoms with Gasteiger partial charge in [0.05, 0.1) is 11.4 Å². The molecule has 35 heavy (non-hydrogen) atoms. The first-order valence-corrected chi connectivity index (χ1v) is 12.7. The number of benzene rings is 2. The number of para-hydroxylation sites is 1. The van der Waals surface area contributed by atoms with Crippen LogP contribution in [0.3, 0.4) is 0 Å². The standard InChI is InChI=1S/C28H35N5O2/c1-28(2)14-13-22(29-16-15-28)24-21-9-4-5-10-23(21)33(3)26(34)25(31-24)32-27(35)30-20-12-11-18-7-6-8-19(18)17-20/h4-5,9-12,17,22,25,29H,6-8,13-16H2,1-3H3,(H2,30,32,35)/t22-,25+/m1/s1. The van der Waals surface area contributed by atoms with Gasteiger partial charge in [-0.25, -0.2) is 4.79 Å². The number of likely N-dealkylation sites (N-methyl/N-ethyl adjacent to an activating group) is 1. The highest BCUT2D eigenvalue weighted by atomic mass is 16.2. The SMILES string of the molecule is CN1C(=O)[C@H](NC(=O)Nc2ccc3c(c2)CCC3)N=C([C@H]2CCC(C)(C)CCN2)c2ccccc21. The Kier molecular flexibility index (Phi) is 6.36. The molecule has 2 aromatic carbocycles. The van der Waals surface area contributed by atoms with E-state index >= 15 is 0 Å². The van der Waals surface area contributed by atoms with Gasteiger partial charge in [0.15, 0.2) is 0 Å². The average Bonchev–Trinajstić information content (AvgIpc) is 3.19. The van der Waals surface area contributed by atoms with Gasteiger partial charge in [0, 0.05) is 24.3 Å². The van der Waals surface area contributed by atoms with Crippen molar-refractivity contribution in [3.05, 3.63) is 59.2 Å². The first-order chi connectivity index (χ1) is 16.8. The summed E-state index contributed by atoms with van der Waals surface area (Å²) in [6.07, 6.45) is 5.35. The van der Waals surface area contributed by atoms with Crippen LogP contribution in [0, 0.1) is 5.41 Å². The van der Waals surface area contributed by atoms with Gasteiger partial charge < -0.3 is 20.9 Å². The number of anilines is 2. The molecule has 0 saturated carbocycles. The van der Waals surface area contributed by atoms with Crippen molar-refractivity contribution in [2.45, 2.75) is 64.6 Å². The Morgan fingerprint density at radius 1 is 1.11 bits per heavy atom. The Morgan fingerprint density at radius 3 is 2.77 bits per heavy atom. The number of aliphatic imine (C=N–C) groups is 1. The van der Waals surface area contributed by atoms with Crippen LogP contribution < -0.4 is 20.9 Å². The van der Waals surface area contributed by atoms with E-state index in [9.17, 15) is 9.59 Å². The van der Waals surface area contributed by atoms with Crippen LogP contribution in [0.25, 0.3) is 0 Å². The van der Waals surface area contributed by atoms with Gasteiger partial charge in [-0.3, -0.25) is 9.79 Å². The van der Waals surface area contributed by atoms with Gasteiger partial charge >= 0.3 is 6.03 Å². The van der Waals surface area contributed by atoms with E-state index in [-0.39, 0.29) is 17.4 Å². The highest BCUT2D eigenvalue weighted by Gasteiger charge is 2.34.